The molecular weight excluding hydrogens is 242 g/mol. The Balaban J connectivity index is 2.01. The molecule has 2 rings (SSSR count). The zero-order chi connectivity index (χ0) is 15.0. The van der Waals surface area contributed by atoms with Crippen molar-refractivity contribution >= 4 is 0 Å². The number of hydrogen-bond acceptors (Lipinski definition) is 1. The minimum absolute atomic E-state index is 0.204. The van der Waals surface area contributed by atoms with E-state index in [2.05, 4.69) is 59.9 Å². The summed E-state index contributed by atoms with van der Waals surface area (Å²) in [6.07, 6.45) is 7.42. The van der Waals surface area contributed by atoms with Crippen LogP contribution >= 0.6 is 0 Å². The summed E-state index contributed by atoms with van der Waals surface area (Å²) in [5.41, 5.74) is 3.32. The molecule has 1 saturated carbocycles. The average Bonchev–Trinajstić information content (AvgIpc) is 2.37. The monoisotopic (exact) mass is 273 g/mol. The maximum Gasteiger partial charge on any atom is 0.0434 e. The Morgan fingerprint density at radius 1 is 0.900 bits per heavy atom. The van der Waals surface area contributed by atoms with Crippen LogP contribution in [0.4, 0.5) is 0 Å². The molecular formula is C19H31N. The lowest BCUT2D eigenvalue weighted by Gasteiger charge is -2.36. The molecule has 0 aliphatic heterocycles. The van der Waals surface area contributed by atoms with Gasteiger partial charge in [0.2, 0.25) is 0 Å². The van der Waals surface area contributed by atoms with Gasteiger partial charge in [-0.15, -0.1) is 0 Å². The van der Waals surface area contributed by atoms with E-state index in [1.807, 2.05) is 0 Å². The Hall–Kier alpha value is -0.850. The predicted molar refractivity (Wildman–Crippen MR) is 87.1 cm³/mol. The van der Waals surface area contributed by atoms with Gasteiger partial charge < -0.3 is 0 Å². The van der Waals surface area contributed by atoms with Crippen LogP contribution in [0.3, 0.4) is 0 Å². The summed E-state index contributed by atoms with van der Waals surface area (Å²) in [7, 11) is 0. The number of aromatic nitrogens is 1. The van der Waals surface area contributed by atoms with Gasteiger partial charge in [-0.05, 0) is 54.1 Å². The first-order valence-electron chi connectivity index (χ1n) is 8.14. The van der Waals surface area contributed by atoms with Crippen LogP contribution in [-0.4, -0.2) is 4.98 Å². The predicted octanol–water partition coefficient (Wildman–Crippen LogP) is 5.70. The smallest absolute Gasteiger partial charge is 0.0434 e. The lowest BCUT2D eigenvalue weighted by Crippen LogP contribution is -2.25. The fourth-order valence-corrected chi connectivity index (χ4v) is 3.35. The standard InChI is InChI=1S/C19H31N/c1-18(2,3)15-9-7-14(8-10-15)17-12-11-16(13-20-17)19(4,5)6/h11-15H,7-10H2,1-6H3/t14-,15-. The zero-order valence-corrected chi connectivity index (χ0v) is 14.2. The van der Waals surface area contributed by atoms with Gasteiger partial charge in [0.25, 0.3) is 0 Å². The number of pyridine rings is 1. The van der Waals surface area contributed by atoms with Gasteiger partial charge >= 0.3 is 0 Å². The van der Waals surface area contributed by atoms with Crippen molar-refractivity contribution in [3.8, 4) is 0 Å². The second kappa shape index (κ2) is 5.50. The molecule has 1 aliphatic carbocycles. The Bertz CT molecular complexity index is 422. The normalized spacial score (nSPS) is 24.7. The highest BCUT2D eigenvalue weighted by Gasteiger charge is 2.30. The van der Waals surface area contributed by atoms with Crippen LogP contribution in [-0.2, 0) is 5.41 Å². The van der Waals surface area contributed by atoms with Crippen molar-refractivity contribution in [1.82, 2.24) is 4.98 Å². The van der Waals surface area contributed by atoms with Crippen molar-refractivity contribution in [3.05, 3.63) is 29.6 Å². The molecule has 112 valence electrons. The molecule has 1 aliphatic rings. The molecule has 1 nitrogen and oxygen atoms in total. The molecule has 0 saturated heterocycles. The molecule has 0 amide bonds. The number of rotatable bonds is 1. The summed E-state index contributed by atoms with van der Waals surface area (Å²) >= 11 is 0. The summed E-state index contributed by atoms with van der Waals surface area (Å²) in [5, 5.41) is 0. The number of nitrogens with zero attached hydrogens (tertiary/aromatic N) is 1. The SMILES string of the molecule is CC(C)(C)c1ccc([C@H]2CC[C@H](C(C)(C)C)CC2)nc1. The molecule has 0 bridgehead atoms. The van der Waals surface area contributed by atoms with Crippen LogP contribution in [0.2, 0.25) is 0 Å². The topological polar surface area (TPSA) is 12.9 Å². The molecule has 1 heterocycles. The van der Waals surface area contributed by atoms with Crippen molar-refractivity contribution < 1.29 is 0 Å². The third-order valence-electron chi connectivity index (χ3n) is 5.02. The molecule has 20 heavy (non-hydrogen) atoms. The van der Waals surface area contributed by atoms with Gasteiger partial charge in [0.15, 0.2) is 0 Å². The minimum Gasteiger partial charge on any atom is -0.261 e. The van der Waals surface area contributed by atoms with E-state index >= 15 is 0 Å². The van der Waals surface area contributed by atoms with E-state index in [9.17, 15) is 0 Å². The fraction of sp³-hybridized carbons (Fsp3) is 0.737. The molecule has 1 aromatic heterocycles. The van der Waals surface area contributed by atoms with Gasteiger partial charge in [-0.3, -0.25) is 4.98 Å². The van der Waals surface area contributed by atoms with Crippen LogP contribution in [0.1, 0.15) is 84.4 Å². The van der Waals surface area contributed by atoms with Crippen molar-refractivity contribution in [3.63, 3.8) is 0 Å². The largest absolute Gasteiger partial charge is 0.261 e. The summed E-state index contributed by atoms with van der Waals surface area (Å²) < 4.78 is 0. The molecule has 0 unspecified atom stereocenters. The van der Waals surface area contributed by atoms with Crippen LogP contribution in [0.25, 0.3) is 0 Å². The molecule has 0 spiro atoms. The summed E-state index contributed by atoms with van der Waals surface area (Å²) in [6, 6.07) is 4.54. The van der Waals surface area contributed by atoms with E-state index in [0.29, 0.717) is 11.3 Å². The van der Waals surface area contributed by atoms with E-state index in [1.54, 1.807) is 0 Å². The van der Waals surface area contributed by atoms with E-state index < -0.39 is 0 Å². The molecule has 0 aromatic carbocycles. The molecule has 1 aromatic rings. The Morgan fingerprint density at radius 3 is 1.90 bits per heavy atom. The van der Waals surface area contributed by atoms with Crippen LogP contribution in [0, 0.1) is 11.3 Å². The lowest BCUT2D eigenvalue weighted by atomic mass is 9.69. The highest BCUT2D eigenvalue weighted by molar-refractivity contribution is 5.23. The molecule has 0 atom stereocenters. The van der Waals surface area contributed by atoms with Crippen molar-refractivity contribution in [1.29, 1.82) is 0 Å². The van der Waals surface area contributed by atoms with Crippen LogP contribution < -0.4 is 0 Å². The fourth-order valence-electron chi connectivity index (χ4n) is 3.35. The molecule has 0 N–H and O–H groups in total. The van der Waals surface area contributed by atoms with Crippen molar-refractivity contribution in [2.75, 3.05) is 0 Å². The van der Waals surface area contributed by atoms with Gasteiger partial charge in [0.05, 0.1) is 0 Å². The maximum atomic E-state index is 4.76. The highest BCUT2D eigenvalue weighted by atomic mass is 14.7. The summed E-state index contributed by atoms with van der Waals surface area (Å²) in [6.45, 7) is 13.9. The van der Waals surface area contributed by atoms with E-state index in [-0.39, 0.29) is 5.41 Å². The van der Waals surface area contributed by atoms with Gasteiger partial charge in [-0.25, -0.2) is 0 Å². The van der Waals surface area contributed by atoms with Crippen molar-refractivity contribution in [2.24, 2.45) is 11.3 Å². The third-order valence-corrected chi connectivity index (χ3v) is 5.02. The van der Waals surface area contributed by atoms with Crippen molar-refractivity contribution in [2.45, 2.75) is 78.6 Å². The molecule has 1 fully saturated rings. The second-order valence-corrected chi connectivity index (χ2v) is 8.64. The Morgan fingerprint density at radius 2 is 1.50 bits per heavy atom. The average molecular weight is 273 g/mol. The minimum atomic E-state index is 0.204. The van der Waals surface area contributed by atoms with E-state index in [0.717, 1.165) is 5.92 Å². The Labute approximate surface area is 125 Å². The highest BCUT2D eigenvalue weighted by Crippen LogP contribution is 2.42. The molecule has 1 heteroatoms. The first kappa shape index (κ1) is 15.5. The van der Waals surface area contributed by atoms with Gasteiger partial charge in [0, 0.05) is 17.8 Å². The van der Waals surface area contributed by atoms with Crippen LogP contribution in [0.15, 0.2) is 18.3 Å². The third kappa shape index (κ3) is 3.62. The Kier molecular flexibility index (Phi) is 4.27. The number of hydrogen-bond donors (Lipinski definition) is 0. The summed E-state index contributed by atoms with van der Waals surface area (Å²) in [4.78, 5) is 4.76. The van der Waals surface area contributed by atoms with E-state index in [1.165, 1.54) is 36.9 Å². The lowest BCUT2D eigenvalue weighted by molar-refractivity contribution is 0.168. The summed E-state index contributed by atoms with van der Waals surface area (Å²) in [5.74, 6) is 1.57. The first-order valence-corrected chi connectivity index (χ1v) is 8.14. The second-order valence-electron chi connectivity index (χ2n) is 8.64. The van der Waals surface area contributed by atoms with Gasteiger partial charge in [-0.2, -0.15) is 0 Å². The van der Waals surface area contributed by atoms with Gasteiger partial charge in [-0.1, -0.05) is 47.6 Å². The molecule has 0 radical (unpaired) electrons. The van der Waals surface area contributed by atoms with Gasteiger partial charge in [0.1, 0.15) is 0 Å². The van der Waals surface area contributed by atoms with Crippen LogP contribution in [0.5, 0.6) is 0 Å². The maximum absolute atomic E-state index is 4.76. The quantitative estimate of drug-likeness (QED) is 0.639. The zero-order valence-electron chi connectivity index (χ0n) is 14.2. The first-order chi connectivity index (χ1) is 9.18. The van der Waals surface area contributed by atoms with E-state index in [4.69, 9.17) is 4.98 Å².